The summed E-state index contributed by atoms with van der Waals surface area (Å²) in [5.74, 6) is -1.71. The Balaban J connectivity index is 2.08. The minimum Gasteiger partial charge on any atom is -0.481 e. The summed E-state index contributed by atoms with van der Waals surface area (Å²) < 4.78 is 20.4. The molecule has 0 fully saturated rings. The van der Waals surface area contributed by atoms with Gasteiger partial charge in [0.2, 0.25) is 0 Å². The number of halogens is 2. The molecule has 0 spiro atoms. The largest absolute Gasteiger partial charge is 0.481 e. The van der Waals surface area contributed by atoms with E-state index < -0.39 is 23.8 Å². The molecule has 0 saturated carbocycles. The highest BCUT2D eigenvalue weighted by Gasteiger charge is 2.26. The number of rotatable bonds is 3. The van der Waals surface area contributed by atoms with E-state index in [0.717, 1.165) is 4.68 Å². The van der Waals surface area contributed by atoms with Crippen LogP contribution in [0, 0.1) is 5.82 Å². The van der Waals surface area contributed by atoms with E-state index in [0.29, 0.717) is 16.1 Å². The van der Waals surface area contributed by atoms with Crippen molar-refractivity contribution < 1.29 is 18.7 Å². The molecule has 2 heterocycles. The van der Waals surface area contributed by atoms with Crippen molar-refractivity contribution in [3.05, 3.63) is 69.4 Å². The molecular formula is C18H10ClFN2O4. The normalized spacial score (nSPS) is 11.3. The summed E-state index contributed by atoms with van der Waals surface area (Å²) in [6, 6.07) is 10.2. The number of aliphatic carboxylic acids is 1. The highest BCUT2D eigenvalue weighted by molar-refractivity contribution is 6.30. The SMILES string of the molecule is O=C(O)Cc1oc2ccc(F)cc2c2nn(-c3ccc(Cl)cc3)c(=O)c1-2. The van der Waals surface area contributed by atoms with E-state index in [2.05, 4.69) is 5.10 Å². The Morgan fingerprint density at radius 2 is 1.96 bits per heavy atom. The highest BCUT2D eigenvalue weighted by atomic mass is 35.5. The fourth-order valence-corrected chi connectivity index (χ4v) is 2.95. The molecule has 4 rings (SSSR count). The van der Waals surface area contributed by atoms with E-state index in [-0.39, 0.29) is 22.6 Å². The number of carboxylic acid groups (broad SMARTS) is 1. The Labute approximate surface area is 150 Å². The molecule has 0 unspecified atom stereocenters. The van der Waals surface area contributed by atoms with Crippen molar-refractivity contribution in [3.8, 4) is 16.9 Å². The van der Waals surface area contributed by atoms with Crippen molar-refractivity contribution in [2.45, 2.75) is 6.42 Å². The Morgan fingerprint density at radius 1 is 1.23 bits per heavy atom. The van der Waals surface area contributed by atoms with Crippen LogP contribution in [0.15, 0.2) is 51.7 Å². The lowest BCUT2D eigenvalue weighted by molar-refractivity contribution is -0.136. The van der Waals surface area contributed by atoms with Crippen molar-refractivity contribution in [1.29, 1.82) is 0 Å². The van der Waals surface area contributed by atoms with Crippen LogP contribution in [0.1, 0.15) is 5.76 Å². The molecule has 130 valence electrons. The van der Waals surface area contributed by atoms with E-state index in [1.54, 1.807) is 24.3 Å². The van der Waals surface area contributed by atoms with Crippen LogP contribution >= 0.6 is 11.6 Å². The quantitative estimate of drug-likeness (QED) is 0.595. The third-order valence-corrected chi connectivity index (χ3v) is 4.19. The number of aromatic nitrogens is 2. The van der Waals surface area contributed by atoms with Gasteiger partial charge in [0.15, 0.2) is 0 Å². The average molecular weight is 373 g/mol. The topological polar surface area (TPSA) is 85.3 Å². The summed E-state index contributed by atoms with van der Waals surface area (Å²) in [6.07, 6.45) is -0.495. The fraction of sp³-hybridized carbons (Fsp3) is 0.0556. The maximum absolute atomic E-state index is 13.7. The maximum Gasteiger partial charge on any atom is 0.311 e. The van der Waals surface area contributed by atoms with Gasteiger partial charge in [0.05, 0.1) is 5.69 Å². The minimum absolute atomic E-state index is 0.0143. The first-order valence-corrected chi connectivity index (χ1v) is 7.93. The number of carbonyl (C=O) groups is 1. The lowest BCUT2D eigenvalue weighted by atomic mass is 10.1. The third kappa shape index (κ3) is 2.62. The summed E-state index contributed by atoms with van der Waals surface area (Å²) in [5.41, 5.74) is 0.341. The molecule has 2 aromatic rings. The molecule has 0 aliphatic carbocycles. The molecule has 2 aliphatic heterocycles. The average Bonchev–Trinajstić information content (AvgIpc) is 2.94. The zero-order valence-corrected chi connectivity index (χ0v) is 13.8. The van der Waals surface area contributed by atoms with Crippen LogP contribution in [-0.2, 0) is 11.2 Å². The number of hydrogen-bond acceptors (Lipinski definition) is 4. The van der Waals surface area contributed by atoms with Gasteiger partial charge in [0.1, 0.15) is 34.8 Å². The molecule has 0 bridgehead atoms. The third-order valence-electron chi connectivity index (χ3n) is 3.93. The van der Waals surface area contributed by atoms with Gasteiger partial charge in [-0.3, -0.25) is 9.59 Å². The Hall–Kier alpha value is -3.19. The van der Waals surface area contributed by atoms with E-state index in [9.17, 15) is 14.0 Å². The van der Waals surface area contributed by atoms with Crippen LogP contribution in [0.5, 0.6) is 0 Å². The zero-order chi connectivity index (χ0) is 18.4. The van der Waals surface area contributed by atoms with Crippen LogP contribution in [0.3, 0.4) is 0 Å². The first-order chi connectivity index (χ1) is 12.4. The summed E-state index contributed by atoms with van der Waals surface area (Å²) in [6.45, 7) is 0. The molecule has 0 atom stereocenters. The number of carboxylic acids is 1. The van der Waals surface area contributed by atoms with E-state index >= 15 is 0 Å². The number of fused-ring (bicyclic) bond motifs is 3. The molecule has 26 heavy (non-hydrogen) atoms. The van der Waals surface area contributed by atoms with Crippen molar-refractivity contribution in [3.63, 3.8) is 0 Å². The molecular weight excluding hydrogens is 363 g/mol. The van der Waals surface area contributed by atoms with Crippen LogP contribution in [0.4, 0.5) is 4.39 Å². The molecule has 2 aromatic carbocycles. The van der Waals surface area contributed by atoms with Gasteiger partial charge < -0.3 is 9.52 Å². The van der Waals surface area contributed by atoms with E-state index in [4.69, 9.17) is 21.1 Å². The van der Waals surface area contributed by atoms with Crippen LogP contribution in [0.2, 0.25) is 5.02 Å². The summed E-state index contributed by atoms with van der Waals surface area (Å²) in [4.78, 5) is 24.0. The second-order valence-electron chi connectivity index (χ2n) is 5.65. The smallest absolute Gasteiger partial charge is 0.311 e. The fourth-order valence-electron chi connectivity index (χ4n) is 2.82. The first-order valence-electron chi connectivity index (χ1n) is 7.56. The molecule has 0 amide bonds. The van der Waals surface area contributed by atoms with Gasteiger partial charge in [-0.1, -0.05) is 11.6 Å². The standard InChI is InChI=1S/C18H10ClFN2O4/c19-9-1-4-11(5-2-9)22-18(25)16-14(8-15(23)24)26-13-6-3-10(20)7-12(13)17(16)21-22/h1-7H,8H2,(H,23,24). The lowest BCUT2D eigenvalue weighted by Gasteiger charge is -2.07. The van der Waals surface area contributed by atoms with Crippen LogP contribution < -0.4 is 5.56 Å². The van der Waals surface area contributed by atoms with E-state index in [1.807, 2.05) is 0 Å². The molecule has 1 N–H and O–H groups in total. The molecule has 0 saturated heterocycles. The molecule has 2 aliphatic rings. The number of hydrogen-bond donors (Lipinski definition) is 1. The van der Waals surface area contributed by atoms with Gasteiger partial charge in [-0.2, -0.15) is 9.78 Å². The second kappa shape index (κ2) is 5.96. The lowest BCUT2D eigenvalue weighted by Crippen LogP contribution is -2.16. The van der Waals surface area contributed by atoms with Crippen molar-refractivity contribution >= 4 is 28.5 Å². The zero-order valence-electron chi connectivity index (χ0n) is 13.1. The molecule has 0 aromatic heterocycles. The van der Waals surface area contributed by atoms with Gasteiger partial charge in [-0.25, -0.2) is 4.39 Å². The van der Waals surface area contributed by atoms with Gasteiger partial charge >= 0.3 is 5.97 Å². The first kappa shape index (κ1) is 16.3. The van der Waals surface area contributed by atoms with Crippen molar-refractivity contribution in [2.75, 3.05) is 0 Å². The summed E-state index contributed by atoms with van der Waals surface area (Å²) in [7, 11) is 0. The van der Waals surface area contributed by atoms with Gasteiger partial charge in [0, 0.05) is 10.4 Å². The molecule has 8 heteroatoms. The van der Waals surface area contributed by atoms with Gasteiger partial charge in [0.25, 0.3) is 5.56 Å². The van der Waals surface area contributed by atoms with Crippen molar-refractivity contribution in [1.82, 2.24) is 9.78 Å². The summed E-state index contributed by atoms with van der Waals surface area (Å²) >= 11 is 5.87. The monoisotopic (exact) mass is 372 g/mol. The van der Waals surface area contributed by atoms with Crippen LogP contribution in [-0.4, -0.2) is 20.9 Å². The molecule has 0 radical (unpaired) electrons. The van der Waals surface area contributed by atoms with Gasteiger partial charge in [-0.15, -0.1) is 0 Å². The van der Waals surface area contributed by atoms with E-state index in [1.165, 1.54) is 18.2 Å². The van der Waals surface area contributed by atoms with Crippen LogP contribution in [0.25, 0.3) is 27.9 Å². The Kier molecular flexibility index (Phi) is 3.73. The summed E-state index contributed by atoms with van der Waals surface area (Å²) in [5, 5.41) is 14.2. The highest BCUT2D eigenvalue weighted by Crippen LogP contribution is 2.32. The Morgan fingerprint density at radius 3 is 2.65 bits per heavy atom. The Bertz CT molecular complexity index is 1180. The maximum atomic E-state index is 13.7. The molecule has 6 nitrogen and oxygen atoms in total. The van der Waals surface area contributed by atoms with Crippen molar-refractivity contribution in [2.24, 2.45) is 0 Å². The second-order valence-corrected chi connectivity index (χ2v) is 6.09. The number of benzene rings is 2. The number of nitrogens with zero attached hydrogens (tertiary/aromatic N) is 2. The predicted molar refractivity (Wildman–Crippen MR) is 92.5 cm³/mol. The predicted octanol–water partition coefficient (Wildman–Crippen LogP) is 3.50. The minimum atomic E-state index is -1.16. The van der Waals surface area contributed by atoms with Gasteiger partial charge in [-0.05, 0) is 42.5 Å².